The standard InChI is InChI=1S/C10H13BrO/c11-8-10(3-1-4-10)6-9-2-5-12-7-9/h2,5,7H,1,3-4,6,8H2. The van der Waals surface area contributed by atoms with Gasteiger partial charge < -0.3 is 4.42 Å². The Morgan fingerprint density at radius 3 is 2.75 bits per heavy atom. The minimum Gasteiger partial charge on any atom is -0.472 e. The number of rotatable bonds is 3. The van der Waals surface area contributed by atoms with E-state index in [-0.39, 0.29) is 0 Å². The van der Waals surface area contributed by atoms with Crippen molar-refractivity contribution in [2.45, 2.75) is 25.7 Å². The molecule has 66 valence electrons. The van der Waals surface area contributed by atoms with Crippen LogP contribution in [0.5, 0.6) is 0 Å². The minimum atomic E-state index is 0.546. The third-order valence-corrected chi connectivity index (χ3v) is 4.05. The molecule has 0 saturated heterocycles. The van der Waals surface area contributed by atoms with E-state index < -0.39 is 0 Å². The summed E-state index contributed by atoms with van der Waals surface area (Å²) in [6.45, 7) is 0. The Balaban J connectivity index is 2.01. The molecule has 1 saturated carbocycles. The highest BCUT2D eigenvalue weighted by Crippen LogP contribution is 2.44. The number of halogens is 1. The van der Waals surface area contributed by atoms with Gasteiger partial charge in [0.25, 0.3) is 0 Å². The van der Waals surface area contributed by atoms with E-state index in [1.54, 1.807) is 6.26 Å². The van der Waals surface area contributed by atoms with Crippen molar-refractivity contribution in [2.24, 2.45) is 5.41 Å². The highest BCUT2D eigenvalue weighted by Gasteiger charge is 2.35. The molecule has 1 heterocycles. The first-order valence-corrected chi connectivity index (χ1v) is 5.54. The van der Waals surface area contributed by atoms with E-state index in [2.05, 4.69) is 22.0 Å². The van der Waals surface area contributed by atoms with Crippen LogP contribution < -0.4 is 0 Å². The lowest BCUT2D eigenvalue weighted by molar-refractivity contribution is 0.169. The van der Waals surface area contributed by atoms with E-state index in [1.807, 2.05) is 6.26 Å². The molecule has 0 N–H and O–H groups in total. The Morgan fingerprint density at radius 1 is 1.50 bits per heavy atom. The molecule has 0 amide bonds. The molecule has 0 aliphatic heterocycles. The van der Waals surface area contributed by atoms with Crippen LogP contribution in [0.1, 0.15) is 24.8 Å². The summed E-state index contributed by atoms with van der Waals surface area (Å²) in [5.41, 5.74) is 1.89. The Kier molecular flexibility index (Phi) is 2.26. The van der Waals surface area contributed by atoms with Gasteiger partial charge in [0.15, 0.2) is 0 Å². The highest BCUT2D eigenvalue weighted by atomic mass is 79.9. The van der Waals surface area contributed by atoms with Crippen molar-refractivity contribution in [1.82, 2.24) is 0 Å². The zero-order chi connectivity index (χ0) is 8.44. The third kappa shape index (κ3) is 1.45. The summed E-state index contributed by atoms with van der Waals surface area (Å²) in [4.78, 5) is 0. The van der Waals surface area contributed by atoms with Crippen LogP contribution in [-0.4, -0.2) is 5.33 Å². The molecule has 0 atom stereocenters. The molecule has 1 aliphatic rings. The number of alkyl halides is 1. The first kappa shape index (κ1) is 8.36. The van der Waals surface area contributed by atoms with Gasteiger partial charge in [-0.1, -0.05) is 22.4 Å². The second-order valence-corrected chi connectivity index (χ2v) is 4.36. The summed E-state index contributed by atoms with van der Waals surface area (Å²) < 4.78 is 5.06. The van der Waals surface area contributed by atoms with Crippen molar-refractivity contribution in [3.05, 3.63) is 24.2 Å². The first-order chi connectivity index (χ1) is 5.85. The van der Waals surface area contributed by atoms with Crippen molar-refractivity contribution in [3.8, 4) is 0 Å². The lowest BCUT2D eigenvalue weighted by atomic mass is 9.67. The minimum absolute atomic E-state index is 0.546. The Morgan fingerprint density at radius 2 is 2.33 bits per heavy atom. The quantitative estimate of drug-likeness (QED) is 0.724. The molecule has 1 nitrogen and oxygen atoms in total. The van der Waals surface area contributed by atoms with Crippen molar-refractivity contribution in [2.75, 3.05) is 5.33 Å². The van der Waals surface area contributed by atoms with E-state index in [0.717, 1.165) is 5.33 Å². The van der Waals surface area contributed by atoms with Gasteiger partial charge in [-0.3, -0.25) is 0 Å². The second-order valence-electron chi connectivity index (χ2n) is 3.80. The maximum atomic E-state index is 5.06. The summed E-state index contributed by atoms with van der Waals surface area (Å²) in [6.07, 6.45) is 8.92. The molecule has 1 aromatic heterocycles. The van der Waals surface area contributed by atoms with Gasteiger partial charge in [0.1, 0.15) is 0 Å². The van der Waals surface area contributed by atoms with Crippen LogP contribution >= 0.6 is 15.9 Å². The van der Waals surface area contributed by atoms with Crippen molar-refractivity contribution < 1.29 is 4.42 Å². The summed E-state index contributed by atoms with van der Waals surface area (Å²) in [5, 5.41) is 1.13. The molecule has 1 aromatic rings. The van der Waals surface area contributed by atoms with Crippen LogP contribution in [0.4, 0.5) is 0 Å². The van der Waals surface area contributed by atoms with Crippen molar-refractivity contribution >= 4 is 15.9 Å². The molecule has 0 aromatic carbocycles. The van der Waals surface area contributed by atoms with Gasteiger partial charge in [0.2, 0.25) is 0 Å². The molecule has 2 heteroatoms. The van der Waals surface area contributed by atoms with E-state index in [1.165, 1.54) is 31.2 Å². The molecule has 0 spiro atoms. The average molecular weight is 229 g/mol. The average Bonchev–Trinajstić information content (AvgIpc) is 2.49. The number of furan rings is 1. The fraction of sp³-hybridized carbons (Fsp3) is 0.600. The van der Waals surface area contributed by atoms with Crippen molar-refractivity contribution in [1.29, 1.82) is 0 Å². The highest BCUT2D eigenvalue weighted by molar-refractivity contribution is 9.09. The smallest absolute Gasteiger partial charge is 0.0934 e. The Labute approximate surface area is 81.3 Å². The predicted octanol–water partition coefficient (Wildman–Crippen LogP) is 3.39. The molecule has 12 heavy (non-hydrogen) atoms. The SMILES string of the molecule is BrCC1(Cc2ccoc2)CCC1. The van der Waals surface area contributed by atoms with Gasteiger partial charge >= 0.3 is 0 Å². The van der Waals surface area contributed by atoms with Gasteiger partial charge in [0.05, 0.1) is 12.5 Å². The van der Waals surface area contributed by atoms with Crippen LogP contribution in [0.15, 0.2) is 23.0 Å². The summed E-state index contributed by atoms with van der Waals surface area (Å²) in [7, 11) is 0. The number of hydrogen-bond acceptors (Lipinski definition) is 1. The lowest BCUT2D eigenvalue weighted by Gasteiger charge is -2.40. The monoisotopic (exact) mass is 228 g/mol. The molecule has 2 rings (SSSR count). The van der Waals surface area contributed by atoms with E-state index in [9.17, 15) is 0 Å². The molecule has 1 fully saturated rings. The molecule has 0 unspecified atom stereocenters. The van der Waals surface area contributed by atoms with Crippen LogP contribution in [0.3, 0.4) is 0 Å². The number of hydrogen-bond donors (Lipinski definition) is 0. The molecular weight excluding hydrogens is 216 g/mol. The Hall–Kier alpha value is -0.240. The van der Waals surface area contributed by atoms with E-state index >= 15 is 0 Å². The molecule has 0 bridgehead atoms. The predicted molar refractivity (Wildman–Crippen MR) is 52.5 cm³/mol. The van der Waals surface area contributed by atoms with Gasteiger partial charge in [0, 0.05) is 5.33 Å². The molecule has 1 aliphatic carbocycles. The van der Waals surface area contributed by atoms with Gasteiger partial charge in [-0.05, 0) is 36.3 Å². The zero-order valence-corrected chi connectivity index (χ0v) is 8.64. The van der Waals surface area contributed by atoms with Gasteiger partial charge in [-0.2, -0.15) is 0 Å². The van der Waals surface area contributed by atoms with E-state index in [0.29, 0.717) is 5.41 Å². The zero-order valence-electron chi connectivity index (χ0n) is 7.05. The Bertz CT molecular complexity index is 231. The normalized spacial score (nSPS) is 20.4. The third-order valence-electron chi connectivity index (χ3n) is 2.86. The summed E-state index contributed by atoms with van der Waals surface area (Å²) in [5.74, 6) is 0. The van der Waals surface area contributed by atoms with Crippen LogP contribution in [-0.2, 0) is 6.42 Å². The lowest BCUT2D eigenvalue weighted by Crippen LogP contribution is -2.33. The fourth-order valence-corrected chi connectivity index (χ4v) is 2.62. The maximum absolute atomic E-state index is 5.06. The largest absolute Gasteiger partial charge is 0.472 e. The summed E-state index contributed by atoms with van der Waals surface area (Å²) >= 11 is 3.60. The van der Waals surface area contributed by atoms with E-state index in [4.69, 9.17) is 4.42 Å². The molecule has 0 radical (unpaired) electrons. The second kappa shape index (κ2) is 3.25. The van der Waals surface area contributed by atoms with Crippen molar-refractivity contribution in [3.63, 3.8) is 0 Å². The first-order valence-electron chi connectivity index (χ1n) is 4.42. The fourth-order valence-electron chi connectivity index (χ4n) is 1.86. The van der Waals surface area contributed by atoms with Crippen LogP contribution in [0.25, 0.3) is 0 Å². The van der Waals surface area contributed by atoms with Gasteiger partial charge in [-0.15, -0.1) is 0 Å². The van der Waals surface area contributed by atoms with Crippen LogP contribution in [0, 0.1) is 5.41 Å². The van der Waals surface area contributed by atoms with Gasteiger partial charge in [-0.25, -0.2) is 0 Å². The summed E-state index contributed by atoms with van der Waals surface area (Å²) in [6, 6.07) is 2.07. The molecular formula is C10H13BrO. The topological polar surface area (TPSA) is 13.1 Å². The van der Waals surface area contributed by atoms with Crippen LogP contribution in [0.2, 0.25) is 0 Å². The maximum Gasteiger partial charge on any atom is 0.0934 e.